The maximum absolute atomic E-state index is 12.2. The molecule has 1 heterocycles. The second-order valence-electron chi connectivity index (χ2n) is 6.16. The monoisotopic (exact) mass is 336 g/mol. The van der Waals surface area contributed by atoms with Gasteiger partial charge in [-0.1, -0.05) is 12.1 Å². The quantitative estimate of drug-likeness (QED) is 0.747. The Kier molecular flexibility index (Phi) is 6.16. The summed E-state index contributed by atoms with van der Waals surface area (Å²) < 4.78 is 5.57. The SMILES string of the molecule is Cc1cccc(OCCC(=O)N2C[C@@H](O)[C@H](N(C)CC(=O)O)C2)c1. The van der Waals surface area contributed by atoms with Gasteiger partial charge in [-0.15, -0.1) is 0 Å². The molecule has 24 heavy (non-hydrogen) atoms. The lowest BCUT2D eigenvalue weighted by Gasteiger charge is -2.24. The summed E-state index contributed by atoms with van der Waals surface area (Å²) in [5, 5.41) is 18.9. The molecule has 0 spiro atoms. The molecule has 0 saturated carbocycles. The Morgan fingerprint density at radius 3 is 2.79 bits per heavy atom. The van der Waals surface area contributed by atoms with Crippen molar-refractivity contribution >= 4 is 11.9 Å². The van der Waals surface area contributed by atoms with Crippen molar-refractivity contribution < 1.29 is 24.5 Å². The van der Waals surface area contributed by atoms with Crippen LogP contribution in [-0.4, -0.2) is 77.3 Å². The fourth-order valence-corrected chi connectivity index (χ4v) is 2.86. The molecular formula is C17H24N2O5. The first-order valence-electron chi connectivity index (χ1n) is 7.94. The highest BCUT2D eigenvalue weighted by Crippen LogP contribution is 2.17. The largest absolute Gasteiger partial charge is 0.493 e. The number of hydrogen-bond donors (Lipinski definition) is 2. The molecule has 2 atom stereocenters. The Morgan fingerprint density at radius 1 is 1.38 bits per heavy atom. The van der Waals surface area contributed by atoms with Gasteiger partial charge in [-0.2, -0.15) is 0 Å². The Bertz CT molecular complexity index is 592. The van der Waals surface area contributed by atoms with Gasteiger partial charge in [0.15, 0.2) is 0 Å². The van der Waals surface area contributed by atoms with E-state index >= 15 is 0 Å². The highest BCUT2D eigenvalue weighted by Gasteiger charge is 2.36. The minimum atomic E-state index is -0.957. The summed E-state index contributed by atoms with van der Waals surface area (Å²) in [4.78, 5) is 26.1. The van der Waals surface area contributed by atoms with E-state index in [0.717, 1.165) is 11.3 Å². The molecule has 2 rings (SSSR count). The van der Waals surface area contributed by atoms with Gasteiger partial charge in [0.05, 0.1) is 31.7 Å². The molecule has 0 aliphatic carbocycles. The molecule has 7 nitrogen and oxygen atoms in total. The smallest absolute Gasteiger partial charge is 0.317 e. The zero-order valence-corrected chi connectivity index (χ0v) is 14.0. The molecule has 0 bridgehead atoms. The van der Waals surface area contributed by atoms with Gasteiger partial charge >= 0.3 is 5.97 Å². The van der Waals surface area contributed by atoms with Gasteiger partial charge in [-0.05, 0) is 31.7 Å². The van der Waals surface area contributed by atoms with Crippen LogP contribution in [0.4, 0.5) is 0 Å². The van der Waals surface area contributed by atoms with E-state index in [9.17, 15) is 14.7 Å². The van der Waals surface area contributed by atoms with Crippen LogP contribution < -0.4 is 4.74 Å². The van der Waals surface area contributed by atoms with Crippen LogP contribution in [0.1, 0.15) is 12.0 Å². The third-order valence-corrected chi connectivity index (χ3v) is 4.14. The molecule has 1 aliphatic rings. The summed E-state index contributed by atoms with van der Waals surface area (Å²) in [6, 6.07) is 7.25. The number of rotatable bonds is 7. The number of benzene rings is 1. The number of aryl methyl sites for hydroxylation is 1. The number of carboxylic acid groups (broad SMARTS) is 1. The minimum Gasteiger partial charge on any atom is -0.493 e. The van der Waals surface area contributed by atoms with Crippen molar-refractivity contribution in [3.05, 3.63) is 29.8 Å². The maximum atomic E-state index is 12.2. The standard InChI is InChI=1S/C17H24N2O5/c1-12-4-3-5-13(8-12)24-7-6-16(21)19-9-14(15(20)10-19)18(2)11-17(22)23/h3-5,8,14-15,20H,6-7,9-11H2,1-2H3,(H,22,23)/t14-,15-/m1/s1. The minimum absolute atomic E-state index is 0.104. The van der Waals surface area contributed by atoms with Crippen molar-refractivity contribution in [2.75, 3.05) is 33.3 Å². The molecule has 1 aliphatic heterocycles. The van der Waals surface area contributed by atoms with Crippen molar-refractivity contribution in [3.63, 3.8) is 0 Å². The molecule has 1 aromatic rings. The Balaban J connectivity index is 1.79. The lowest BCUT2D eigenvalue weighted by molar-refractivity contribution is -0.138. The average molecular weight is 336 g/mol. The van der Waals surface area contributed by atoms with Gasteiger partial charge in [-0.25, -0.2) is 0 Å². The zero-order chi connectivity index (χ0) is 17.7. The molecule has 0 radical (unpaired) electrons. The number of carbonyl (C=O) groups is 2. The van der Waals surface area contributed by atoms with E-state index in [1.54, 1.807) is 16.8 Å². The van der Waals surface area contributed by atoms with E-state index in [4.69, 9.17) is 9.84 Å². The molecular weight excluding hydrogens is 312 g/mol. The van der Waals surface area contributed by atoms with Crippen LogP contribution in [0.5, 0.6) is 5.75 Å². The van der Waals surface area contributed by atoms with E-state index in [-0.39, 0.29) is 38.1 Å². The van der Waals surface area contributed by atoms with Crippen molar-refractivity contribution in [2.45, 2.75) is 25.5 Å². The lowest BCUT2D eigenvalue weighted by Crippen LogP contribution is -2.43. The fraction of sp³-hybridized carbons (Fsp3) is 0.529. The first-order valence-corrected chi connectivity index (χ1v) is 7.94. The van der Waals surface area contributed by atoms with Crippen molar-refractivity contribution in [2.24, 2.45) is 0 Å². The van der Waals surface area contributed by atoms with E-state index in [2.05, 4.69) is 0 Å². The first-order chi connectivity index (χ1) is 11.4. The second kappa shape index (κ2) is 8.12. The number of aliphatic hydroxyl groups excluding tert-OH is 1. The van der Waals surface area contributed by atoms with Gasteiger partial charge in [0, 0.05) is 13.1 Å². The zero-order valence-electron chi connectivity index (χ0n) is 14.0. The highest BCUT2D eigenvalue weighted by atomic mass is 16.5. The van der Waals surface area contributed by atoms with Crippen LogP contribution in [0.3, 0.4) is 0 Å². The third kappa shape index (κ3) is 4.94. The van der Waals surface area contributed by atoms with E-state index in [1.165, 1.54) is 0 Å². The van der Waals surface area contributed by atoms with Gasteiger partial charge in [-0.3, -0.25) is 14.5 Å². The molecule has 1 amide bonds. The molecule has 0 aromatic heterocycles. The molecule has 0 unspecified atom stereocenters. The maximum Gasteiger partial charge on any atom is 0.317 e. The summed E-state index contributed by atoms with van der Waals surface area (Å²) >= 11 is 0. The molecule has 1 aromatic carbocycles. The van der Waals surface area contributed by atoms with Crippen LogP contribution in [0.2, 0.25) is 0 Å². The number of carboxylic acids is 1. The van der Waals surface area contributed by atoms with Crippen molar-refractivity contribution in [1.29, 1.82) is 0 Å². The normalized spacial score (nSPS) is 20.4. The number of likely N-dealkylation sites (tertiary alicyclic amines) is 1. The van der Waals surface area contributed by atoms with Gasteiger partial charge < -0.3 is 19.8 Å². The lowest BCUT2D eigenvalue weighted by atomic mass is 10.2. The summed E-state index contributed by atoms with van der Waals surface area (Å²) in [7, 11) is 1.64. The number of ether oxygens (including phenoxy) is 1. The molecule has 1 fully saturated rings. The number of aliphatic hydroxyl groups is 1. The van der Waals surface area contributed by atoms with Crippen LogP contribution in [-0.2, 0) is 9.59 Å². The van der Waals surface area contributed by atoms with Crippen LogP contribution >= 0.6 is 0 Å². The van der Waals surface area contributed by atoms with Crippen molar-refractivity contribution in [3.8, 4) is 5.75 Å². The summed E-state index contributed by atoms with van der Waals surface area (Å²) in [6.07, 6.45) is -0.522. The Hall–Kier alpha value is -2.12. The number of carbonyl (C=O) groups excluding carboxylic acids is 1. The molecule has 132 valence electrons. The third-order valence-electron chi connectivity index (χ3n) is 4.14. The Morgan fingerprint density at radius 2 is 2.12 bits per heavy atom. The van der Waals surface area contributed by atoms with Gasteiger partial charge in [0.25, 0.3) is 0 Å². The van der Waals surface area contributed by atoms with Crippen LogP contribution in [0, 0.1) is 6.92 Å². The number of nitrogens with zero attached hydrogens (tertiary/aromatic N) is 2. The predicted octanol–water partition coefficient (Wildman–Crippen LogP) is 0.352. The number of hydrogen-bond acceptors (Lipinski definition) is 5. The molecule has 1 saturated heterocycles. The number of likely N-dealkylation sites (N-methyl/N-ethyl adjacent to an activating group) is 1. The topological polar surface area (TPSA) is 90.3 Å². The van der Waals surface area contributed by atoms with Crippen LogP contribution in [0.25, 0.3) is 0 Å². The van der Waals surface area contributed by atoms with Gasteiger partial charge in [0.2, 0.25) is 5.91 Å². The summed E-state index contributed by atoms with van der Waals surface area (Å²) in [6.45, 7) is 2.62. The predicted molar refractivity (Wildman–Crippen MR) is 87.9 cm³/mol. The second-order valence-corrected chi connectivity index (χ2v) is 6.16. The number of aliphatic carboxylic acids is 1. The van der Waals surface area contributed by atoms with Gasteiger partial charge in [0.1, 0.15) is 5.75 Å². The Labute approximate surface area is 141 Å². The summed E-state index contributed by atoms with van der Waals surface area (Å²) in [5.74, 6) is -0.336. The summed E-state index contributed by atoms with van der Waals surface area (Å²) in [5.41, 5.74) is 1.09. The van der Waals surface area contributed by atoms with E-state index in [1.807, 2.05) is 31.2 Å². The number of β-amino-alcohol motifs (C(OH)–C–C–N with tert-alkyl or cyclic N) is 1. The number of amides is 1. The molecule has 7 heteroatoms. The van der Waals surface area contributed by atoms with E-state index in [0.29, 0.717) is 6.54 Å². The average Bonchev–Trinajstić information content (AvgIpc) is 2.89. The van der Waals surface area contributed by atoms with Crippen LogP contribution in [0.15, 0.2) is 24.3 Å². The van der Waals surface area contributed by atoms with E-state index < -0.39 is 12.1 Å². The van der Waals surface area contributed by atoms with Crippen molar-refractivity contribution in [1.82, 2.24) is 9.80 Å². The molecule has 2 N–H and O–H groups in total. The fourth-order valence-electron chi connectivity index (χ4n) is 2.86. The highest BCUT2D eigenvalue weighted by molar-refractivity contribution is 5.77. The first kappa shape index (κ1) is 18.2.